The van der Waals surface area contributed by atoms with Crippen molar-refractivity contribution in [1.29, 1.82) is 0 Å². The van der Waals surface area contributed by atoms with E-state index in [1.807, 2.05) is 18.2 Å². The van der Waals surface area contributed by atoms with E-state index < -0.39 is 0 Å². The second-order valence-electron chi connectivity index (χ2n) is 4.22. The monoisotopic (exact) mass is 248 g/mol. The number of nitrogens with zero attached hydrogens (tertiary/aromatic N) is 2. The largest absolute Gasteiger partial charge is 0.359 e. The van der Waals surface area contributed by atoms with Gasteiger partial charge in [-0.2, -0.15) is 0 Å². The highest BCUT2D eigenvalue weighted by Crippen LogP contribution is 2.24. The lowest BCUT2D eigenvalue weighted by Crippen LogP contribution is -2.20. The number of hydrogen-bond donors (Lipinski definition) is 0. The van der Waals surface area contributed by atoms with Crippen molar-refractivity contribution in [3.8, 4) is 0 Å². The summed E-state index contributed by atoms with van der Waals surface area (Å²) in [6.07, 6.45) is 1.10. The molecule has 17 heavy (non-hydrogen) atoms. The SMILES string of the molecule is CCCN(C)c1nc2ccccc2cc1CCl. The Labute approximate surface area is 107 Å². The lowest BCUT2D eigenvalue weighted by Gasteiger charge is -2.20. The Balaban J connectivity index is 2.52. The van der Waals surface area contributed by atoms with E-state index in [4.69, 9.17) is 16.6 Å². The van der Waals surface area contributed by atoms with Crippen molar-refractivity contribution >= 4 is 28.3 Å². The summed E-state index contributed by atoms with van der Waals surface area (Å²) in [5.41, 5.74) is 2.13. The van der Waals surface area contributed by atoms with Gasteiger partial charge in [-0.15, -0.1) is 11.6 Å². The van der Waals surface area contributed by atoms with Crippen LogP contribution in [0.5, 0.6) is 0 Å². The molecule has 90 valence electrons. The van der Waals surface area contributed by atoms with Crippen molar-refractivity contribution < 1.29 is 0 Å². The Morgan fingerprint density at radius 1 is 1.29 bits per heavy atom. The average Bonchev–Trinajstić information content (AvgIpc) is 2.37. The van der Waals surface area contributed by atoms with Crippen molar-refractivity contribution in [1.82, 2.24) is 4.98 Å². The number of anilines is 1. The maximum Gasteiger partial charge on any atom is 0.133 e. The zero-order valence-corrected chi connectivity index (χ0v) is 11.0. The van der Waals surface area contributed by atoms with Gasteiger partial charge in [0.25, 0.3) is 0 Å². The zero-order valence-electron chi connectivity index (χ0n) is 10.3. The van der Waals surface area contributed by atoms with Gasteiger partial charge in [0.1, 0.15) is 5.82 Å². The van der Waals surface area contributed by atoms with Gasteiger partial charge in [0.2, 0.25) is 0 Å². The lowest BCUT2D eigenvalue weighted by molar-refractivity contribution is 0.836. The summed E-state index contributed by atoms with van der Waals surface area (Å²) in [5, 5.41) is 1.15. The molecule has 0 spiro atoms. The van der Waals surface area contributed by atoms with Gasteiger partial charge in [0, 0.05) is 24.5 Å². The van der Waals surface area contributed by atoms with Gasteiger partial charge in [-0.3, -0.25) is 0 Å². The van der Waals surface area contributed by atoms with Gasteiger partial charge in [-0.05, 0) is 18.6 Å². The molecule has 0 aliphatic rings. The molecule has 1 heterocycles. The molecule has 1 aromatic heterocycles. The van der Waals surface area contributed by atoms with Crippen LogP contribution in [0.3, 0.4) is 0 Å². The van der Waals surface area contributed by atoms with Crippen molar-refractivity contribution in [2.45, 2.75) is 19.2 Å². The molecule has 0 atom stereocenters. The fourth-order valence-electron chi connectivity index (χ4n) is 2.02. The fraction of sp³-hybridized carbons (Fsp3) is 0.357. The van der Waals surface area contributed by atoms with Gasteiger partial charge in [0.15, 0.2) is 0 Å². The van der Waals surface area contributed by atoms with Crippen LogP contribution in [-0.4, -0.2) is 18.6 Å². The third kappa shape index (κ3) is 2.52. The Bertz CT molecular complexity index is 511. The van der Waals surface area contributed by atoms with Crippen LogP contribution in [0, 0.1) is 0 Å². The molecule has 0 radical (unpaired) electrons. The fourth-order valence-corrected chi connectivity index (χ4v) is 2.22. The summed E-state index contributed by atoms with van der Waals surface area (Å²) in [5.74, 6) is 1.50. The predicted molar refractivity (Wildman–Crippen MR) is 74.9 cm³/mol. The number of pyridine rings is 1. The van der Waals surface area contributed by atoms with Crippen LogP contribution < -0.4 is 4.90 Å². The average molecular weight is 249 g/mol. The van der Waals surface area contributed by atoms with Crippen molar-refractivity contribution in [3.05, 3.63) is 35.9 Å². The minimum atomic E-state index is 0.501. The molecular weight excluding hydrogens is 232 g/mol. The van der Waals surface area contributed by atoms with Crippen molar-refractivity contribution in [2.24, 2.45) is 0 Å². The standard InChI is InChI=1S/C14H17ClN2/c1-3-8-17(2)14-12(10-15)9-11-6-4-5-7-13(11)16-14/h4-7,9H,3,8,10H2,1-2H3. The van der Waals surface area contributed by atoms with Crippen LogP contribution in [-0.2, 0) is 5.88 Å². The van der Waals surface area contributed by atoms with E-state index in [0.717, 1.165) is 35.2 Å². The predicted octanol–water partition coefficient (Wildman–Crippen LogP) is 3.82. The van der Waals surface area contributed by atoms with Gasteiger partial charge >= 0.3 is 0 Å². The molecule has 0 aliphatic heterocycles. The Hall–Kier alpha value is -1.28. The van der Waals surface area contributed by atoms with Crippen molar-refractivity contribution in [2.75, 3.05) is 18.5 Å². The first kappa shape index (κ1) is 12.2. The maximum atomic E-state index is 6.01. The molecule has 0 N–H and O–H groups in total. The van der Waals surface area contributed by atoms with E-state index in [0.29, 0.717) is 5.88 Å². The van der Waals surface area contributed by atoms with Gasteiger partial charge in [-0.1, -0.05) is 25.1 Å². The van der Waals surface area contributed by atoms with Crippen LogP contribution >= 0.6 is 11.6 Å². The van der Waals surface area contributed by atoms with Crippen LogP contribution in [0.4, 0.5) is 5.82 Å². The number of fused-ring (bicyclic) bond motifs is 1. The normalized spacial score (nSPS) is 10.8. The van der Waals surface area contributed by atoms with E-state index in [1.165, 1.54) is 0 Å². The maximum absolute atomic E-state index is 6.01. The van der Waals surface area contributed by atoms with E-state index in [-0.39, 0.29) is 0 Å². The molecule has 0 fully saturated rings. The molecule has 2 nitrogen and oxygen atoms in total. The number of halogens is 1. The Morgan fingerprint density at radius 2 is 2.06 bits per heavy atom. The molecule has 0 saturated heterocycles. The first-order valence-corrected chi connectivity index (χ1v) is 6.45. The molecular formula is C14H17ClN2. The molecule has 0 saturated carbocycles. The zero-order chi connectivity index (χ0) is 12.3. The van der Waals surface area contributed by atoms with Crippen molar-refractivity contribution in [3.63, 3.8) is 0 Å². The summed E-state index contributed by atoms with van der Waals surface area (Å²) in [6.45, 7) is 3.16. The molecule has 0 unspecified atom stereocenters. The molecule has 2 rings (SSSR count). The molecule has 0 amide bonds. The summed E-state index contributed by atoms with van der Waals surface area (Å²) < 4.78 is 0. The lowest BCUT2D eigenvalue weighted by atomic mass is 10.1. The van der Waals surface area contributed by atoms with Gasteiger partial charge in [0.05, 0.1) is 11.4 Å². The Morgan fingerprint density at radius 3 is 2.76 bits per heavy atom. The topological polar surface area (TPSA) is 16.1 Å². The molecule has 0 bridgehead atoms. The number of rotatable bonds is 4. The molecule has 3 heteroatoms. The second-order valence-corrected chi connectivity index (χ2v) is 4.49. The molecule has 0 aliphatic carbocycles. The summed E-state index contributed by atoms with van der Waals surface area (Å²) in [6, 6.07) is 10.3. The highest BCUT2D eigenvalue weighted by atomic mass is 35.5. The number of para-hydroxylation sites is 1. The Kier molecular flexibility index (Phi) is 3.85. The molecule has 2 aromatic rings. The van der Waals surface area contributed by atoms with Gasteiger partial charge in [-0.25, -0.2) is 4.98 Å². The highest BCUT2D eigenvalue weighted by Gasteiger charge is 2.09. The first-order chi connectivity index (χ1) is 8.26. The first-order valence-electron chi connectivity index (χ1n) is 5.92. The van der Waals surface area contributed by atoms with E-state index in [2.05, 4.69) is 31.0 Å². The van der Waals surface area contributed by atoms with Gasteiger partial charge < -0.3 is 4.90 Å². The third-order valence-electron chi connectivity index (χ3n) is 2.84. The summed E-state index contributed by atoms with van der Waals surface area (Å²) in [4.78, 5) is 6.88. The van der Waals surface area contributed by atoms with Crippen LogP contribution in [0.25, 0.3) is 10.9 Å². The number of aromatic nitrogens is 1. The number of hydrogen-bond acceptors (Lipinski definition) is 2. The quantitative estimate of drug-likeness (QED) is 0.765. The minimum Gasteiger partial charge on any atom is -0.359 e. The second kappa shape index (κ2) is 5.37. The van der Waals surface area contributed by atoms with Crippen LogP contribution in [0.2, 0.25) is 0 Å². The number of alkyl halides is 1. The van der Waals surface area contributed by atoms with Crippen LogP contribution in [0.15, 0.2) is 30.3 Å². The van der Waals surface area contributed by atoms with Crippen LogP contribution in [0.1, 0.15) is 18.9 Å². The highest BCUT2D eigenvalue weighted by molar-refractivity contribution is 6.17. The smallest absolute Gasteiger partial charge is 0.133 e. The van der Waals surface area contributed by atoms with E-state index in [9.17, 15) is 0 Å². The van der Waals surface area contributed by atoms with E-state index >= 15 is 0 Å². The summed E-state index contributed by atoms with van der Waals surface area (Å²) in [7, 11) is 2.07. The molecule has 1 aromatic carbocycles. The third-order valence-corrected chi connectivity index (χ3v) is 3.13. The summed E-state index contributed by atoms with van der Waals surface area (Å²) >= 11 is 6.01. The minimum absolute atomic E-state index is 0.501. The number of benzene rings is 1. The van der Waals surface area contributed by atoms with E-state index in [1.54, 1.807) is 0 Å².